The molecule has 4 heteroatoms. The van der Waals surface area contributed by atoms with Crippen molar-refractivity contribution in [3.05, 3.63) is 29.8 Å². The van der Waals surface area contributed by atoms with Gasteiger partial charge in [-0.1, -0.05) is 12.1 Å². The molecule has 0 aliphatic heterocycles. The van der Waals surface area contributed by atoms with Crippen molar-refractivity contribution in [3.8, 4) is 5.75 Å². The first-order valence-corrected chi connectivity index (χ1v) is 7.83. The minimum atomic E-state index is 0.410. The third-order valence-corrected chi connectivity index (χ3v) is 3.94. The summed E-state index contributed by atoms with van der Waals surface area (Å²) in [6.45, 7) is 5.44. The molecule has 0 saturated heterocycles. The van der Waals surface area contributed by atoms with Gasteiger partial charge in [-0.2, -0.15) is 0 Å². The van der Waals surface area contributed by atoms with Gasteiger partial charge in [0.25, 0.3) is 0 Å². The zero-order valence-corrected chi connectivity index (χ0v) is 13.5. The molecule has 1 aromatic rings. The Morgan fingerprint density at radius 1 is 1.38 bits per heavy atom. The Balaban J connectivity index is 1.70. The van der Waals surface area contributed by atoms with Crippen molar-refractivity contribution in [3.63, 3.8) is 0 Å². The largest absolute Gasteiger partial charge is 0.492 e. The second kappa shape index (κ2) is 8.37. The number of ether oxygens (including phenoxy) is 2. The Morgan fingerprint density at radius 3 is 2.90 bits per heavy atom. The molecule has 118 valence electrons. The first-order valence-electron chi connectivity index (χ1n) is 7.83. The lowest BCUT2D eigenvalue weighted by atomic mass is 10.2. The summed E-state index contributed by atoms with van der Waals surface area (Å²) < 4.78 is 11.0. The molecule has 1 fully saturated rings. The molecule has 1 atom stereocenters. The number of nitrogens with one attached hydrogen (secondary N) is 1. The lowest BCUT2D eigenvalue weighted by molar-refractivity contribution is 0.105. The maximum atomic E-state index is 5.86. The van der Waals surface area contributed by atoms with Crippen molar-refractivity contribution in [2.75, 3.05) is 33.9 Å². The van der Waals surface area contributed by atoms with Gasteiger partial charge in [-0.3, -0.25) is 4.90 Å². The van der Waals surface area contributed by atoms with Crippen LogP contribution in [0.4, 0.5) is 0 Å². The highest BCUT2D eigenvalue weighted by atomic mass is 16.5. The van der Waals surface area contributed by atoms with Crippen molar-refractivity contribution < 1.29 is 9.47 Å². The third kappa shape index (κ3) is 6.04. The average molecular weight is 292 g/mol. The summed E-state index contributed by atoms with van der Waals surface area (Å²) in [5, 5.41) is 3.53. The van der Waals surface area contributed by atoms with Crippen LogP contribution >= 0.6 is 0 Å². The SMILES string of the molecule is COCC(C)N(C)CCOc1cccc(CNC2CC2)c1. The van der Waals surface area contributed by atoms with Crippen LogP contribution in [0.15, 0.2) is 24.3 Å². The zero-order chi connectivity index (χ0) is 15.1. The minimum absolute atomic E-state index is 0.410. The first kappa shape index (κ1) is 16.3. The van der Waals surface area contributed by atoms with Crippen molar-refractivity contribution in [1.82, 2.24) is 10.2 Å². The van der Waals surface area contributed by atoms with Crippen molar-refractivity contribution in [1.29, 1.82) is 0 Å². The maximum absolute atomic E-state index is 5.86. The molecule has 0 aromatic heterocycles. The molecular formula is C17H28N2O2. The summed E-state index contributed by atoms with van der Waals surface area (Å²) in [5.74, 6) is 0.956. The molecule has 1 aliphatic rings. The van der Waals surface area contributed by atoms with E-state index in [2.05, 4.69) is 42.4 Å². The van der Waals surface area contributed by atoms with Gasteiger partial charge in [0.05, 0.1) is 6.61 Å². The summed E-state index contributed by atoms with van der Waals surface area (Å²) in [6.07, 6.45) is 2.64. The van der Waals surface area contributed by atoms with Crippen LogP contribution in [0.3, 0.4) is 0 Å². The van der Waals surface area contributed by atoms with Crippen LogP contribution in [0.5, 0.6) is 5.75 Å². The highest BCUT2D eigenvalue weighted by Crippen LogP contribution is 2.20. The molecule has 2 rings (SSSR count). The normalized spacial score (nSPS) is 16.2. The van der Waals surface area contributed by atoms with Gasteiger partial charge in [-0.05, 0) is 44.5 Å². The van der Waals surface area contributed by atoms with E-state index in [9.17, 15) is 0 Å². The van der Waals surface area contributed by atoms with Crippen molar-refractivity contribution in [2.45, 2.75) is 38.4 Å². The molecule has 1 aliphatic carbocycles. The van der Waals surface area contributed by atoms with Gasteiger partial charge >= 0.3 is 0 Å². The lowest BCUT2D eigenvalue weighted by Crippen LogP contribution is -2.35. The molecule has 4 nitrogen and oxygen atoms in total. The van der Waals surface area contributed by atoms with E-state index in [1.54, 1.807) is 7.11 Å². The van der Waals surface area contributed by atoms with Crippen LogP contribution in [-0.2, 0) is 11.3 Å². The van der Waals surface area contributed by atoms with E-state index in [0.29, 0.717) is 12.6 Å². The van der Waals surface area contributed by atoms with E-state index in [1.807, 2.05) is 6.07 Å². The van der Waals surface area contributed by atoms with E-state index in [-0.39, 0.29) is 0 Å². The molecule has 0 heterocycles. The molecule has 1 saturated carbocycles. The van der Waals surface area contributed by atoms with Crippen molar-refractivity contribution >= 4 is 0 Å². The first-order chi connectivity index (χ1) is 10.2. The van der Waals surface area contributed by atoms with Gasteiger partial charge < -0.3 is 14.8 Å². The Kier molecular flexibility index (Phi) is 6.49. The van der Waals surface area contributed by atoms with E-state index in [1.165, 1.54) is 18.4 Å². The summed E-state index contributed by atoms with van der Waals surface area (Å²) in [6, 6.07) is 9.52. The summed E-state index contributed by atoms with van der Waals surface area (Å²) >= 11 is 0. The quantitative estimate of drug-likeness (QED) is 0.717. The van der Waals surface area contributed by atoms with E-state index in [4.69, 9.17) is 9.47 Å². The Morgan fingerprint density at radius 2 is 2.19 bits per heavy atom. The van der Waals surface area contributed by atoms with Crippen LogP contribution in [0.25, 0.3) is 0 Å². The summed E-state index contributed by atoms with van der Waals surface area (Å²) in [7, 11) is 3.84. The van der Waals surface area contributed by atoms with Gasteiger partial charge in [0, 0.05) is 32.3 Å². The highest BCUT2D eigenvalue weighted by Gasteiger charge is 2.19. The van der Waals surface area contributed by atoms with Crippen LogP contribution in [0, 0.1) is 0 Å². The molecule has 1 aromatic carbocycles. The van der Waals surface area contributed by atoms with Crippen molar-refractivity contribution in [2.24, 2.45) is 0 Å². The van der Waals surface area contributed by atoms with E-state index < -0.39 is 0 Å². The van der Waals surface area contributed by atoms with Crippen LogP contribution in [0.1, 0.15) is 25.3 Å². The molecular weight excluding hydrogens is 264 g/mol. The number of nitrogens with zero attached hydrogens (tertiary/aromatic N) is 1. The predicted octanol–water partition coefficient (Wildman–Crippen LogP) is 2.28. The number of likely N-dealkylation sites (N-methyl/N-ethyl adjacent to an activating group) is 1. The standard InChI is InChI=1S/C17H28N2O2/c1-14(13-20-3)19(2)9-10-21-17-6-4-5-15(11-17)12-18-16-7-8-16/h4-6,11,14,16,18H,7-10,12-13H2,1-3H3. The minimum Gasteiger partial charge on any atom is -0.492 e. The third-order valence-electron chi connectivity index (χ3n) is 3.94. The average Bonchev–Trinajstić information content (AvgIpc) is 3.30. The number of hydrogen-bond acceptors (Lipinski definition) is 4. The smallest absolute Gasteiger partial charge is 0.119 e. The van der Waals surface area contributed by atoms with Crippen LogP contribution in [0.2, 0.25) is 0 Å². The van der Waals surface area contributed by atoms with Gasteiger partial charge in [-0.25, -0.2) is 0 Å². The molecule has 0 radical (unpaired) electrons. The van der Waals surface area contributed by atoms with Gasteiger partial charge in [0.1, 0.15) is 12.4 Å². The highest BCUT2D eigenvalue weighted by molar-refractivity contribution is 5.28. The van der Waals surface area contributed by atoms with Crippen LogP contribution in [-0.4, -0.2) is 50.9 Å². The Labute approximate surface area is 128 Å². The topological polar surface area (TPSA) is 33.7 Å². The van der Waals surface area contributed by atoms with Crippen LogP contribution < -0.4 is 10.1 Å². The fourth-order valence-corrected chi connectivity index (χ4v) is 2.19. The molecule has 1 N–H and O–H groups in total. The summed E-state index contributed by atoms with van der Waals surface area (Å²) in [4.78, 5) is 2.25. The number of hydrogen-bond donors (Lipinski definition) is 1. The number of benzene rings is 1. The molecule has 21 heavy (non-hydrogen) atoms. The number of rotatable bonds is 10. The Hall–Kier alpha value is -1.10. The fourth-order valence-electron chi connectivity index (χ4n) is 2.19. The summed E-state index contributed by atoms with van der Waals surface area (Å²) in [5.41, 5.74) is 1.29. The maximum Gasteiger partial charge on any atom is 0.119 e. The van der Waals surface area contributed by atoms with Gasteiger partial charge in [-0.15, -0.1) is 0 Å². The fraction of sp³-hybridized carbons (Fsp3) is 0.647. The monoisotopic (exact) mass is 292 g/mol. The molecule has 0 amide bonds. The molecule has 0 bridgehead atoms. The van der Waals surface area contributed by atoms with E-state index >= 15 is 0 Å². The van der Waals surface area contributed by atoms with Gasteiger partial charge in [0.2, 0.25) is 0 Å². The number of methoxy groups -OCH3 is 1. The molecule has 1 unspecified atom stereocenters. The molecule has 0 spiro atoms. The van der Waals surface area contributed by atoms with E-state index in [0.717, 1.165) is 31.5 Å². The Bertz CT molecular complexity index is 421. The predicted molar refractivity (Wildman–Crippen MR) is 85.8 cm³/mol. The second-order valence-electron chi connectivity index (χ2n) is 5.94. The lowest BCUT2D eigenvalue weighted by Gasteiger charge is -2.23. The zero-order valence-electron chi connectivity index (χ0n) is 13.5. The second-order valence-corrected chi connectivity index (χ2v) is 5.94. The van der Waals surface area contributed by atoms with Gasteiger partial charge in [0.15, 0.2) is 0 Å².